The number of nitrogens with two attached hydrogens (primary N) is 2. The van der Waals surface area contributed by atoms with Crippen molar-refractivity contribution in [1.29, 1.82) is 5.41 Å². The maximum Gasteiger partial charge on any atom is 0.251 e. The summed E-state index contributed by atoms with van der Waals surface area (Å²) < 4.78 is 5.02. The van der Waals surface area contributed by atoms with Crippen LogP contribution in [0.2, 0.25) is 0 Å². The van der Waals surface area contributed by atoms with E-state index in [-0.39, 0.29) is 12.5 Å². The average Bonchev–Trinajstić information content (AvgIpc) is 2.31. The van der Waals surface area contributed by atoms with E-state index in [9.17, 15) is 4.79 Å². The van der Waals surface area contributed by atoms with E-state index in [2.05, 4.69) is 10.9 Å². The summed E-state index contributed by atoms with van der Waals surface area (Å²) >= 11 is 0. The molecule has 94 valence electrons. The maximum absolute atomic E-state index is 11.6. The number of nitrogens with one attached hydrogen (secondary N) is 3. The number of carbonyl (C=O) groups excluding carboxylic acids is 1. The van der Waals surface area contributed by atoms with Gasteiger partial charge in [0.05, 0.1) is 12.1 Å². The number of hydrazine groups is 1. The van der Waals surface area contributed by atoms with Gasteiger partial charge < -0.3 is 21.6 Å². The molecule has 0 aromatic rings. The lowest BCUT2D eigenvalue weighted by atomic mass is 9.94. The van der Waals surface area contributed by atoms with Gasteiger partial charge in [-0.15, -0.1) is 0 Å². The van der Waals surface area contributed by atoms with Gasteiger partial charge in [0, 0.05) is 25.8 Å². The first kappa shape index (κ1) is 15.0. The van der Waals surface area contributed by atoms with Gasteiger partial charge in [0.2, 0.25) is 0 Å². The minimum Gasteiger partial charge on any atom is -0.375 e. The van der Waals surface area contributed by atoms with Crippen LogP contribution in [0.3, 0.4) is 0 Å². The molecular weight excluding hydrogens is 210 g/mol. The molecule has 0 heterocycles. The lowest BCUT2D eigenvalue weighted by Gasteiger charge is -2.26. The van der Waals surface area contributed by atoms with E-state index in [1.807, 2.05) is 6.92 Å². The van der Waals surface area contributed by atoms with Gasteiger partial charge in [0.25, 0.3) is 5.91 Å². The summed E-state index contributed by atoms with van der Waals surface area (Å²) in [5.41, 5.74) is 16.4. The normalized spacial score (nSPS) is 16.2. The minimum atomic E-state index is -0.810. The Labute approximate surface area is 95.4 Å². The third kappa shape index (κ3) is 4.23. The molecule has 0 saturated carbocycles. The fourth-order valence-corrected chi connectivity index (χ4v) is 1.30. The predicted octanol–water partition coefficient (Wildman–Crippen LogP) is -1.81. The summed E-state index contributed by atoms with van der Waals surface area (Å²) in [6.07, 6.45) is 0.546. The molecule has 0 bridgehead atoms. The summed E-state index contributed by atoms with van der Waals surface area (Å²) in [4.78, 5) is 11.6. The Kier molecular flexibility index (Phi) is 7.65. The first-order valence-electron chi connectivity index (χ1n) is 5.14. The Morgan fingerprint density at radius 3 is 2.62 bits per heavy atom. The van der Waals surface area contributed by atoms with Crippen LogP contribution in [-0.2, 0) is 9.53 Å². The average molecular weight is 231 g/mol. The zero-order chi connectivity index (χ0) is 12.6. The largest absolute Gasteiger partial charge is 0.375 e. The Bertz CT molecular complexity index is 224. The fraction of sp³-hybridized carbons (Fsp3) is 0.778. The molecule has 0 aromatic heterocycles. The number of methoxy groups -OCH3 is 1. The van der Waals surface area contributed by atoms with Gasteiger partial charge in [-0.1, -0.05) is 6.92 Å². The number of carbonyl (C=O) groups is 1. The lowest BCUT2D eigenvalue weighted by Crippen LogP contribution is -2.55. The standard InChI is InChI=1S/C9H21N5O2/c1-3-13-14-9(15)8(12)6(4-10)7(5-11)16-2/h5-8,11,13H,3-4,10,12H2,1-2H3,(H,14,15)/t6-,7?,8+/m1/s1. The molecule has 0 rings (SSSR count). The highest BCUT2D eigenvalue weighted by Gasteiger charge is 2.29. The second-order valence-electron chi connectivity index (χ2n) is 3.31. The molecule has 0 spiro atoms. The van der Waals surface area contributed by atoms with Crippen molar-refractivity contribution in [2.45, 2.75) is 19.1 Å². The molecule has 7 heteroatoms. The van der Waals surface area contributed by atoms with Crippen LogP contribution >= 0.6 is 0 Å². The summed E-state index contributed by atoms with van der Waals surface area (Å²) in [5, 5.41) is 7.16. The molecule has 0 radical (unpaired) electrons. The second kappa shape index (κ2) is 8.17. The van der Waals surface area contributed by atoms with Crippen molar-refractivity contribution in [3.63, 3.8) is 0 Å². The molecule has 7 N–H and O–H groups in total. The Balaban J connectivity index is 4.44. The van der Waals surface area contributed by atoms with Crippen molar-refractivity contribution in [2.24, 2.45) is 17.4 Å². The third-order valence-electron chi connectivity index (χ3n) is 2.28. The van der Waals surface area contributed by atoms with Crippen LogP contribution < -0.4 is 22.3 Å². The van der Waals surface area contributed by atoms with Crippen molar-refractivity contribution in [3.8, 4) is 0 Å². The first-order chi connectivity index (χ1) is 7.62. The zero-order valence-corrected chi connectivity index (χ0v) is 9.69. The lowest BCUT2D eigenvalue weighted by molar-refractivity contribution is -0.125. The fourth-order valence-electron chi connectivity index (χ4n) is 1.30. The molecule has 0 aromatic carbocycles. The topological polar surface area (TPSA) is 126 Å². The molecule has 1 unspecified atom stereocenters. The quantitative estimate of drug-likeness (QED) is 0.249. The van der Waals surface area contributed by atoms with Gasteiger partial charge in [-0.05, 0) is 6.54 Å². The Hall–Kier alpha value is -1.02. The van der Waals surface area contributed by atoms with E-state index in [1.165, 1.54) is 7.11 Å². The van der Waals surface area contributed by atoms with Gasteiger partial charge >= 0.3 is 0 Å². The maximum atomic E-state index is 11.6. The van der Waals surface area contributed by atoms with Crippen LogP contribution in [0.15, 0.2) is 0 Å². The van der Waals surface area contributed by atoms with E-state index in [4.69, 9.17) is 21.6 Å². The van der Waals surface area contributed by atoms with E-state index >= 15 is 0 Å². The van der Waals surface area contributed by atoms with Crippen molar-refractivity contribution in [1.82, 2.24) is 10.9 Å². The van der Waals surface area contributed by atoms with Crippen LogP contribution in [0, 0.1) is 11.3 Å². The summed E-state index contributed by atoms with van der Waals surface area (Å²) in [6, 6.07) is -0.810. The van der Waals surface area contributed by atoms with Gasteiger partial charge in [0.15, 0.2) is 0 Å². The predicted molar refractivity (Wildman–Crippen MR) is 61.9 cm³/mol. The summed E-state index contributed by atoms with van der Waals surface area (Å²) in [5.74, 6) is -0.776. The highest BCUT2D eigenvalue weighted by molar-refractivity contribution is 5.82. The Morgan fingerprint density at radius 1 is 1.62 bits per heavy atom. The summed E-state index contributed by atoms with van der Waals surface area (Å²) in [7, 11) is 1.45. The molecule has 3 atom stereocenters. The molecule has 16 heavy (non-hydrogen) atoms. The molecule has 0 saturated heterocycles. The van der Waals surface area contributed by atoms with Crippen molar-refractivity contribution < 1.29 is 9.53 Å². The molecule has 1 amide bonds. The highest BCUT2D eigenvalue weighted by Crippen LogP contribution is 2.08. The first-order valence-corrected chi connectivity index (χ1v) is 5.14. The van der Waals surface area contributed by atoms with Gasteiger partial charge in [-0.25, -0.2) is 5.43 Å². The van der Waals surface area contributed by atoms with Gasteiger partial charge in [-0.2, -0.15) is 0 Å². The molecule has 0 aliphatic rings. The minimum absolute atomic E-state index is 0.175. The molecule has 0 aliphatic carbocycles. The molecule has 0 fully saturated rings. The van der Waals surface area contributed by atoms with E-state index in [0.29, 0.717) is 6.54 Å². The zero-order valence-electron chi connectivity index (χ0n) is 9.69. The monoisotopic (exact) mass is 231 g/mol. The van der Waals surface area contributed by atoms with Gasteiger partial charge in [0.1, 0.15) is 0 Å². The van der Waals surface area contributed by atoms with E-state index in [0.717, 1.165) is 6.21 Å². The third-order valence-corrected chi connectivity index (χ3v) is 2.28. The van der Waals surface area contributed by atoms with Crippen molar-refractivity contribution >= 4 is 12.1 Å². The van der Waals surface area contributed by atoms with Crippen molar-refractivity contribution in [2.75, 3.05) is 20.2 Å². The highest BCUT2D eigenvalue weighted by atomic mass is 16.5. The van der Waals surface area contributed by atoms with Crippen LogP contribution in [-0.4, -0.2) is 44.5 Å². The Morgan fingerprint density at radius 2 is 2.25 bits per heavy atom. The van der Waals surface area contributed by atoms with Crippen LogP contribution in [0.4, 0.5) is 0 Å². The number of hydrogen-bond donors (Lipinski definition) is 5. The number of amides is 1. The van der Waals surface area contributed by atoms with Crippen LogP contribution in [0.25, 0.3) is 0 Å². The molecular formula is C9H21N5O2. The smallest absolute Gasteiger partial charge is 0.251 e. The van der Waals surface area contributed by atoms with Crippen LogP contribution in [0.5, 0.6) is 0 Å². The SMILES string of the molecule is CCNNC(=O)[C@@H](N)[C@H](CN)C(C=N)OC. The van der Waals surface area contributed by atoms with E-state index in [1.54, 1.807) is 0 Å². The summed E-state index contributed by atoms with van der Waals surface area (Å²) in [6.45, 7) is 2.63. The number of hydrogen-bond acceptors (Lipinski definition) is 6. The number of ether oxygens (including phenoxy) is 1. The molecule has 0 aliphatic heterocycles. The van der Waals surface area contributed by atoms with Gasteiger partial charge in [-0.3, -0.25) is 10.2 Å². The van der Waals surface area contributed by atoms with Crippen molar-refractivity contribution in [3.05, 3.63) is 0 Å². The van der Waals surface area contributed by atoms with E-state index < -0.39 is 18.1 Å². The second-order valence-corrected chi connectivity index (χ2v) is 3.31. The number of rotatable bonds is 8. The van der Waals surface area contributed by atoms with Crippen LogP contribution in [0.1, 0.15) is 6.92 Å². The molecule has 7 nitrogen and oxygen atoms in total.